The largest absolute Gasteiger partial charge is 0.305 e. The van der Waals surface area contributed by atoms with E-state index in [-0.39, 0.29) is 11.7 Å². The van der Waals surface area contributed by atoms with Crippen molar-refractivity contribution in [3.63, 3.8) is 0 Å². The Hall–Kier alpha value is -3.45. The topological polar surface area (TPSA) is 64.7 Å². The van der Waals surface area contributed by atoms with Crippen LogP contribution in [0.2, 0.25) is 5.02 Å². The van der Waals surface area contributed by atoms with Crippen molar-refractivity contribution < 1.29 is 9.18 Å². The second-order valence-electron chi connectivity index (χ2n) is 7.32. The summed E-state index contributed by atoms with van der Waals surface area (Å²) in [5, 5.41) is 12.3. The highest BCUT2D eigenvalue weighted by Gasteiger charge is 2.12. The first-order valence-electron chi connectivity index (χ1n) is 9.77. The minimum absolute atomic E-state index is 0.250. The Kier molecular flexibility index (Phi) is 5.86. The molecule has 2 aromatic heterocycles. The number of benzene rings is 2. The summed E-state index contributed by atoms with van der Waals surface area (Å²) in [5.41, 5.74) is 4.05. The van der Waals surface area contributed by atoms with E-state index < -0.39 is 0 Å². The fraction of sp³-hybridized carbons (Fsp3) is 0.174. The molecule has 4 rings (SSSR count). The lowest BCUT2D eigenvalue weighted by Gasteiger charge is -2.07. The van der Waals surface area contributed by atoms with Gasteiger partial charge in [0.1, 0.15) is 5.82 Å². The van der Waals surface area contributed by atoms with Crippen LogP contribution < -0.4 is 5.32 Å². The molecule has 2 heterocycles. The molecule has 4 aromatic rings. The Balaban J connectivity index is 1.43. The molecule has 0 aliphatic rings. The highest BCUT2D eigenvalue weighted by atomic mass is 35.5. The Morgan fingerprint density at radius 1 is 1.03 bits per heavy atom. The monoisotopic (exact) mass is 437 g/mol. The Bertz CT molecular complexity index is 1230. The van der Waals surface area contributed by atoms with E-state index in [2.05, 4.69) is 15.5 Å². The van der Waals surface area contributed by atoms with E-state index in [1.165, 1.54) is 12.1 Å². The van der Waals surface area contributed by atoms with Gasteiger partial charge in [-0.15, -0.1) is 0 Å². The van der Waals surface area contributed by atoms with Crippen LogP contribution in [-0.4, -0.2) is 25.5 Å². The van der Waals surface area contributed by atoms with E-state index in [9.17, 15) is 9.18 Å². The predicted octanol–water partition coefficient (Wildman–Crippen LogP) is 4.84. The van der Waals surface area contributed by atoms with Gasteiger partial charge in [-0.2, -0.15) is 10.2 Å². The number of carbonyl (C=O) groups is 1. The lowest BCUT2D eigenvalue weighted by atomic mass is 10.1. The van der Waals surface area contributed by atoms with Crippen LogP contribution in [0.1, 0.15) is 32.9 Å². The summed E-state index contributed by atoms with van der Waals surface area (Å²) in [6, 6.07) is 15.3. The summed E-state index contributed by atoms with van der Waals surface area (Å²) in [6.45, 7) is 4.79. The zero-order valence-electron chi connectivity index (χ0n) is 17.1. The molecule has 31 heavy (non-hydrogen) atoms. The van der Waals surface area contributed by atoms with E-state index >= 15 is 0 Å². The number of aromatic nitrogens is 4. The first-order chi connectivity index (χ1) is 14.9. The van der Waals surface area contributed by atoms with E-state index in [4.69, 9.17) is 11.6 Å². The summed E-state index contributed by atoms with van der Waals surface area (Å²) < 4.78 is 16.6. The van der Waals surface area contributed by atoms with Gasteiger partial charge >= 0.3 is 0 Å². The van der Waals surface area contributed by atoms with Gasteiger partial charge in [0, 0.05) is 17.8 Å². The highest BCUT2D eigenvalue weighted by molar-refractivity contribution is 6.31. The van der Waals surface area contributed by atoms with E-state index in [0.29, 0.717) is 29.5 Å². The van der Waals surface area contributed by atoms with Crippen LogP contribution in [0, 0.1) is 19.7 Å². The van der Waals surface area contributed by atoms with Gasteiger partial charge in [0.2, 0.25) is 0 Å². The number of anilines is 1. The van der Waals surface area contributed by atoms with Crippen molar-refractivity contribution in [3.05, 3.63) is 99.7 Å². The van der Waals surface area contributed by atoms with Gasteiger partial charge < -0.3 is 5.32 Å². The van der Waals surface area contributed by atoms with Crippen molar-refractivity contribution in [2.24, 2.45) is 0 Å². The second-order valence-corrected chi connectivity index (χ2v) is 7.70. The molecule has 158 valence electrons. The van der Waals surface area contributed by atoms with Gasteiger partial charge in [0.05, 0.1) is 29.5 Å². The lowest BCUT2D eigenvalue weighted by molar-refractivity contribution is 0.102. The van der Waals surface area contributed by atoms with Crippen molar-refractivity contribution >= 4 is 23.3 Å². The summed E-state index contributed by atoms with van der Waals surface area (Å²) in [6.07, 6.45) is 1.77. The molecule has 0 aliphatic heterocycles. The molecule has 0 fully saturated rings. The molecule has 0 saturated heterocycles. The van der Waals surface area contributed by atoms with Crippen LogP contribution in [0.3, 0.4) is 0 Å². The standard InChI is InChI=1S/C23H21ClFN5O/c1-15-22(24)16(2)30(27-15)14-18-4-3-5-19(12-18)23(31)26-21-10-11-29(28-21)13-17-6-8-20(25)9-7-17/h3-12H,13-14H2,1-2H3,(H,26,28,31). The fourth-order valence-corrected chi connectivity index (χ4v) is 3.43. The summed E-state index contributed by atoms with van der Waals surface area (Å²) in [5.74, 6) is -0.0801. The molecule has 6 nitrogen and oxygen atoms in total. The van der Waals surface area contributed by atoms with Crippen LogP contribution in [0.15, 0.2) is 60.8 Å². The minimum Gasteiger partial charge on any atom is -0.305 e. The Morgan fingerprint density at radius 2 is 1.81 bits per heavy atom. The van der Waals surface area contributed by atoms with Crippen molar-refractivity contribution in [1.29, 1.82) is 0 Å². The molecule has 0 unspecified atom stereocenters. The lowest BCUT2D eigenvalue weighted by Crippen LogP contribution is -2.13. The quantitative estimate of drug-likeness (QED) is 0.469. The smallest absolute Gasteiger partial charge is 0.256 e. The number of nitrogens with zero attached hydrogens (tertiary/aromatic N) is 4. The summed E-state index contributed by atoms with van der Waals surface area (Å²) in [7, 11) is 0. The highest BCUT2D eigenvalue weighted by Crippen LogP contribution is 2.20. The molecular weight excluding hydrogens is 417 g/mol. The summed E-state index contributed by atoms with van der Waals surface area (Å²) >= 11 is 6.22. The van der Waals surface area contributed by atoms with Gasteiger partial charge in [-0.25, -0.2) is 4.39 Å². The van der Waals surface area contributed by atoms with Crippen LogP contribution in [0.5, 0.6) is 0 Å². The first kappa shape index (κ1) is 20.8. The number of aryl methyl sites for hydroxylation is 1. The normalized spacial score (nSPS) is 11.0. The molecule has 0 bridgehead atoms. The Morgan fingerprint density at radius 3 is 2.52 bits per heavy atom. The molecule has 1 amide bonds. The second kappa shape index (κ2) is 8.73. The third-order valence-corrected chi connectivity index (χ3v) is 5.50. The van der Waals surface area contributed by atoms with Crippen molar-refractivity contribution in [2.75, 3.05) is 5.32 Å². The van der Waals surface area contributed by atoms with E-state index in [0.717, 1.165) is 22.5 Å². The molecule has 0 atom stereocenters. The molecular formula is C23H21ClFN5O. The molecule has 0 saturated carbocycles. The summed E-state index contributed by atoms with van der Waals surface area (Å²) in [4.78, 5) is 12.7. The van der Waals surface area contributed by atoms with Crippen molar-refractivity contribution in [1.82, 2.24) is 19.6 Å². The molecule has 0 radical (unpaired) electrons. The zero-order chi connectivity index (χ0) is 22.0. The number of hydrogen-bond donors (Lipinski definition) is 1. The molecule has 2 aromatic carbocycles. The maximum absolute atomic E-state index is 13.0. The molecule has 1 N–H and O–H groups in total. The Labute approximate surface area is 184 Å². The average Bonchev–Trinajstić information content (AvgIpc) is 3.29. The van der Waals surface area contributed by atoms with Gasteiger partial charge in [0.15, 0.2) is 5.82 Å². The third kappa shape index (κ3) is 4.83. The number of amides is 1. The molecule has 8 heteroatoms. The average molecular weight is 438 g/mol. The number of rotatable bonds is 6. The number of hydrogen-bond acceptors (Lipinski definition) is 3. The van der Waals surface area contributed by atoms with E-state index in [1.807, 2.05) is 36.7 Å². The number of carbonyl (C=O) groups excluding carboxylic acids is 1. The van der Waals surface area contributed by atoms with Gasteiger partial charge in [-0.05, 0) is 49.2 Å². The van der Waals surface area contributed by atoms with Crippen LogP contribution in [0.4, 0.5) is 10.2 Å². The number of halogens is 2. The number of nitrogens with one attached hydrogen (secondary N) is 1. The predicted molar refractivity (Wildman–Crippen MR) is 118 cm³/mol. The first-order valence-corrected chi connectivity index (χ1v) is 10.1. The van der Waals surface area contributed by atoms with E-state index in [1.54, 1.807) is 35.1 Å². The third-order valence-electron chi connectivity index (χ3n) is 4.95. The van der Waals surface area contributed by atoms with Crippen molar-refractivity contribution in [3.8, 4) is 0 Å². The maximum Gasteiger partial charge on any atom is 0.256 e. The SMILES string of the molecule is Cc1nn(Cc2cccc(C(=O)Nc3ccn(Cc4ccc(F)cc4)n3)c2)c(C)c1Cl. The van der Waals surface area contributed by atoms with Gasteiger partial charge in [0.25, 0.3) is 5.91 Å². The van der Waals surface area contributed by atoms with Crippen molar-refractivity contribution in [2.45, 2.75) is 26.9 Å². The van der Waals surface area contributed by atoms with Gasteiger partial charge in [-0.3, -0.25) is 14.2 Å². The van der Waals surface area contributed by atoms with Gasteiger partial charge in [-0.1, -0.05) is 35.9 Å². The van der Waals surface area contributed by atoms with Crippen LogP contribution in [0.25, 0.3) is 0 Å². The molecule has 0 spiro atoms. The molecule has 0 aliphatic carbocycles. The fourth-order valence-electron chi connectivity index (χ4n) is 3.29. The maximum atomic E-state index is 13.0. The van der Waals surface area contributed by atoms with Crippen LogP contribution in [-0.2, 0) is 13.1 Å². The minimum atomic E-state index is -0.277. The van der Waals surface area contributed by atoms with Crippen LogP contribution >= 0.6 is 11.6 Å². The zero-order valence-corrected chi connectivity index (χ0v) is 17.9.